The molecular formula is C10H14BrNO5S. The third kappa shape index (κ3) is 4.35. The maximum atomic E-state index is 11.4. The normalized spacial score (nSPS) is 11.1. The zero-order valence-corrected chi connectivity index (χ0v) is 12.1. The van der Waals surface area contributed by atoms with Gasteiger partial charge in [-0.25, -0.2) is 8.42 Å². The first-order chi connectivity index (χ1) is 8.52. The highest BCUT2D eigenvalue weighted by Gasteiger charge is 2.11. The van der Waals surface area contributed by atoms with Gasteiger partial charge in [-0.1, -0.05) is 15.9 Å². The van der Waals surface area contributed by atoms with Gasteiger partial charge in [0.2, 0.25) is 10.0 Å². The molecule has 8 heteroatoms. The van der Waals surface area contributed by atoms with Crippen molar-refractivity contribution in [1.82, 2.24) is 0 Å². The Morgan fingerprint density at radius 2 is 2.11 bits per heavy atom. The second-order valence-electron chi connectivity index (χ2n) is 3.26. The summed E-state index contributed by atoms with van der Waals surface area (Å²) in [5.74, 6) is 0.826. The number of sulfonamides is 1. The number of alkyl halides is 1. The average molecular weight is 340 g/mol. The van der Waals surface area contributed by atoms with Gasteiger partial charge < -0.3 is 14.6 Å². The zero-order chi connectivity index (χ0) is 13.6. The number of hydrogen-bond donors (Lipinski definition) is 2. The molecule has 0 unspecified atom stereocenters. The van der Waals surface area contributed by atoms with Gasteiger partial charge in [0.1, 0.15) is 11.3 Å². The molecule has 2 N–H and O–H groups in total. The van der Waals surface area contributed by atoms with Crippen molar-refractivity contribution in [3.8, 4) is 11.5 Å². The molecule has 1 aromatic rings. The molecule has 0 aromatic heterocycles. The van der Waals surface area contributed by atoms with E-state index in [0.29, 0.717) is 17.2 Å². The summed E-state index contributed by atoms with van der Waals surface area (Å²) in [6, 6.07) is 4.64. The van der Waals surface area contributed by atoms with Gasteiger partial charge in [-0.05, 0) is 12.1 Å². The summed E-state index contributed by atoms with van der Waals surface area (Å²) in [4.78, 5) is 0. The number of rotatable bonds is 7. The van der Waals surface area contributed by atoms with Crippen LogP contribution < -0.4 is 14.2 Å². The zero-order valence-electron chi connectivity index (χ0n) is 9.72. The number of aliphatic hydroxyl groups excluding tert-OH is 1. The lowest BCUT2D eigenvalue weighted by Gasteiger charge is -2.12. The van der Waals surface area contributed by atoms with Crippen LogP contribution in [0.15, 0.2) is 18.2 Å². The van der Waals surface area contributed by atoms with Gasteiger partial charge in [0.25, 0.3) is 0 Å². The van der Waals surface area contributed by atoms with Gasteiger partial charge in [0, 0.05) is 6.07 Å². The number of benzene rings is 1. The second-order valence-corrected chi connectivity index (χ2v) is 6.29. The molecule has 0 bridgehead atoms. The summed E-state index contributed by atoms with van der Waals surface area (Å²) in [7, 11) is -1.93. The second kappa shape index (κ2) is 6.81. The van der Waals surface area contributed by atoms with E-state index in [1.54, 1.807) is 12.1 Å². The van der Waals surface area contributed by atoms with Crippen LogP contribution in [0.25, 0.3) is 0 Å². The first kappa shape index (κ1) is 15.1. The van der Waals surface area contributed by atoms with Crippen LogP contribution in [0, 0.1) is 0 Å². The Hall–Kier alpha value is -0.990. The third-order valence-corrected chi connectivity index (χ3v) is 4.57. The molecule has 0 radical (unpaired) electrons. The topological polar surface area (TPSA) is 84.9 Å². The smallest absolute Gasteiger partial charge is 0.242 e. The summed E-state index contributed by atoms with van der Waals surface area (Å²) in [6.45, 7) is -0.0362. The third-order valence-electron chi connectivity index (χ3n) is 1.93. The Balaban J connectivity index is 2.95. The monoisotopic (exact) mass is 339 g/mol. The summed E-state index contributed by atoms with van der Waals surface area (Å²) < 4.78 is 35.2. The molecule has 1 rings (SSSR count). The van der Waals surface area contributed by atoms with Gasteiger partial charge in [-0.3, -0.25) is 4.72 Å². The molecule has 0 aliphatic rings. The minimum absolute atomic E-state index is 0.102. The van der Waals surface area contributed by atoms with Crippen molar-refractivity contribution >= 4 is 31.6 Å². The van der Waals surface area contributed by atoms with E-state index in [2.05, 4.69) is 20.7 Å². The number of methoxy groups -OCH3 is 1. The minimum atomic E-state index is -3.41. The van der Waals surface area contributed by atoms with Crippen molar-refractivity contribution in [1.29, 1.82) is 0 Å². The Morgan fingerprint density at radius 1 is 1.39 bits per heavy atom. The van der Waals surface area contributed by atoms with Gasteiger partial charge in [-0.15, -0.1) is 0 Å². The largest absolute Gasteiger partial charge is 0.493 e. The highest BCUT2D eigenvalue weighted by molar-refractivity contribution is 9.10. The number of halogens is 1. The lowest BCUT2D eigenvalue weighted by molar-refractivity contribution is 0.196. The molecule has 0 spiro atoms. The van der Waals surface area contributed by atoms with Crippen LogP contribution in [0.2, 0.25) is 0 Å². The maximum Gasteiger partial charge on any atom is 0.242 e. The molecule has 0 saturated carbocycles. The standard InChI is InChI=1S/C10H14BrNO5S/c1-16-9-3-2-8(12-18(14,15)7-11)6-10(9)17-5-4-13/h2-3,6,12-13H,4-5,7H2,1H3. The molecule has 18 heavy (non-hydrogen) atoms. The Bertz CT molecular complexity index is 491. The molecule has 0 fully saturated rings. The van der Waals surface area contributed by atoms with E-state index >= 15 is 0 Å². The number of aliphatic hydroxyl groups is 1. The summed E-state index contributed by atoms with van der Waals surface area (Å²) in [5.41, 5.74) is 0.364. The van der Waals surface area contributed by atoms with Crippen molar-refractivity contribution in [2.24, 2.45) is 0 Å². The molecule has 0 saturated heterocycles. The molecule has 0 aliphatic carbocycles. The molecule has 102 valence electrons. The fourth-order valence-electron chi connectivity index (χ4n) is 1.22. The number of ether oxygens (including phenoxy) is 2. The van der Waals surface area contributed by atoms with Gasteiger partial charge in [-0.2, -0.15) is 0 Å². The van der Waals surface area contributed by atoms with Crippen molar-refractivity contribution in [2.75, 3.05) is 29.7 Å². The highest BCUT2D eigenvalue weighted by Crippen LogP contribution is 2.30. The van der Waals surface area contributed by atoms with E-state index in [4.69, 9.17) is 14.6 Å². The summed E-state index contributed by atoms with van der Waals surface area (Å²) in [6.07, 6.45) is 0. The average Bonchev–Trinajstić information content (AvgIpc) is 2.36. The van der Waals surface area contributed by atoms with E-state index in [0.717, 1.165) is 0 Å². The van der Waals surface area contributed by atoms with Gasteiger partial charge in [0.05, 0.1) is 19.4 Å². The van der Waals surface area contributed by atoms with E-state index in [1.807, 2.05) is 0 Å². The van der Waals surface area contributed by atoms with Crippen LogP contribution in [0.1, 0.15) is 0 Å². The molecule has 6 nitrogen and oxygen atoms in total. The van der Waals surface area contributed by atoms with Crippen LogP contribution >= 0.6 is 15.9 Å². The molecular weight excluding hydrogens is 326 g/mol. The Kier molecular flexibility index (Phi) is 5.70. The maximum absolute atomic E-state index is 11.4. The van der Waals surface area contributed by atoms with Crippen molar-refractivity contribution in [3.63, 3.8) is 0 Å². The van der Waals surface area contributed by atoms with E-state index in [-0.39, 0.29) is 17.9 Å². The summed E-state index contributed by atoms with van der Waals surface area (Å²) in [5, 5.41) is 8.70. The lowest BCUT2D eigenvalue weighted by atomic mass is 10.3. The number of nitrogens with one attached hydrogen (secondary N) is 1. The minimum Gasteiger partial charge on any atom is -0.493 e. The van der Waals surface area contributed by atoms with Crippen molar-refractivity contribution in [3.05, 3.63) is 18.2 Å². The quantitative estimate of drug-likeness (QED) is 0.728. The van der Waals surface area contributed by atoms with Crippen molar-refractivity contribution in [2.45, 2.75) is 0 Å². The summed E-state index contributed by atoms with van der Waals surface area (Å²) >= 11 is 2.88. The van der Waals surface area contributed by atoms with Gasteiger partial charge in [0.15, 0.2) is 11.5 Å². The molecule has 0 aliphatic heterocycles. The Morgan fingerprint density at radius 3 is 2.67 bits per heavy atom. The number of hydrogen-bond acceptors (Lipinski definition) is 5. The Labute approximate surface area is 114 Å². The van der Waals surface area contributed by atoms with E-state index in [9.17, 15) is 8.42 Å². The predicted octanol–water partition coefficient (Wildman–Crippen LogP) is 1.16. The van der Waals surface area contributed by atoms with Gasteiger partial charge >= 0.3 is 0 Å². The van der Waals surface area contributed by atoms with E-state index in [1.165, 1.54) is 13.2 Å². The predicted molar refractivity (Wildman–Crippen MR) is 71.9 cm³/mol. The van der Waals surface area contributed by atoms with Crippen LogP contribution in [0.5, 0.6) is 11.5 Å². The lowest BCUT2D eigenvalue weighted by Crippen LogP contribution is -2.13. The first-order valence-electron chi connectivity index (χ1n) is 5.00. The molecule has 0 heterocycles. The molecule has 0 atom stereocenters. The van der Waals surface area contributed by atoms with Crippen LogP contribution in [-0.4, -0.2) is 38.5 Å². The fourth-order valence-corrected chi connectivity index (χ4v) is 2.10. The van der Waals surface area contributed by atoms with E-state index < -0.39 is 10.0 Å². The highest BCUT2D eigenvalue weighted by atomic mass is 79.9. The SMILES string of the molecule is COc1ccc(NS(=O)(=O)CBr)cc1OCCO. The molecule has 0 amide bonds. The van der Waals surface area contributed by atoms with Crippen LogP contribution in [0.4, 0.5) is 5.69 Å². The first-order valence-corrected chi connectivity index (χ1v) is 7.78. The van der Waals surface area contributed by atoms with Crippen molar-refractivity contribution < 1.29 is 23.0 Å². The van der Waals surface area contributed by atoms with Crippen LogP contribution in [-0.2, 0) is 10.0 Å². The number of anilines is 1. The fraction of sp³-hybridized carbons (Fsp3) is 0.400. The van der Waals surface area contributed by atoms with Crippen LogP contribution in [0.3, 0.4) is 0 Å². The molecule has 1 aromatic carbocycles.